The number of hydrogen-bond acceptors (Lipinski definition) is 3. The highest BCUT2D eigenvalue weighted by Gasteiger charge is 2.24. The van der Waals surface area contributed by atoms with Gasteiger partial charge in [-0.25, -0.2) is 8.78 Å². The zero-order chi connectivity index (χ0) is 13.1. The first-order valence-corrected chi connectivity index (χ1v) is 5.74. The van der Waals surface area contributed by atoms with E-state index in [-0.39, 0.29) is 11.6 Å². The number of likely N-dealkylation sites (N-methyl/N-ethyl adjacent to an activating group) is 1. The molecule has 1 aliphatic rings. The smallest absolute Gasteiger partial charge is 0.242 e. The fraction of sp³-hybridized carbons (Fsp3) is 0.417. The van der Waals surface area contributed by atoms with Gasteiger partial charge in [-0.15, -0.1) is 0 Å². The molecule has 0 bridgehead atoms. The van der Waals surface area contributed by atoms with Gasteiger partial charge in [-0.1, -0.05) is 0 Å². The monoisotopic (exact) mass is 255 g/mol. The maximum atomic E-state index is 13.4. The van der Waals surface area contributed by atoms with Gasteiger partial charge in [0.25, 0.3) is 0 Å². The lowest BCUT2D eigenvalue weighted by molar-refractivity contribution is -0.119. The average Bonchev–Trinajstić information content (AvgIpc) is 2.34. The summed E-state index contributed by atoms with van der Waals surface area (Å²) >= 11 is 0. The predicted octanol–water partition coefficient (Wildman–Crippen LogP) is 0.807. The Bertz CT molecular complexity index is 453. The largest absolute Gasteiger partial charge is 0.322 e. The average molecular weight is 255 g/mol. The van der Waals surface area contributed by atoms with Crippen LogP contribution in [0.1, 0.15) is 0 Å². The van der Waals surface area contributed by atoms with Crippen molar-refractivity contribution in [3.05, 3.63) is 29.8 Å². The Hall–Kier alpha value is -1.53. The number of halogens is 2. The van der Waals surface area contributed by atoms with E-state index in [1.54, 1.807) is 0 Å². The standard InChI is InChI=1S/C12H15F2N3O/c1-17-5-4-15-11(7-17)12(18)16-10-6-8(13)2-3-9(10)14/h2-3,6,11,15H,4-5,7H2,1H3,(H,16,18). The van der Waals surface area contributed by atoms with E-state index >= 15 is 0 Å². The molecule has 2 rings (SSSR count). The Labute approximate surface area is 104 Å². The van der Waals surface area contributed by atoms with Crippen molar-refractivity contribution in [2.75, 3.05) is 32.0 Å². The molecule has 2 N–H and O–H groups in total. The zero-order valence-electron chi connectivity index (χ0n) is 10.0. The highest BCUT2D eigenvalue weighted by molar-refractivity contribution is 5.95. The molecule has 18 heavy (non-hydrogen) atoms. The first kappa shape index (κ1) is 12.9. The number of piperazine rings is 1. The normalized spacial score (nSPS) is 20.7. The third-order valence-electron chi connectivity index (χ3n) is 2.88. The summed E-state index contributed by atoms with van der Waals surface area (Å²) in [7, 11) is 1.91. The molecule has 1 fully saturated rings. The van der Waals surface area contributed by atoms with Crippen LogP contribution in [-0.2, 0) is 4.79 Å². The van der Waals surface area contributed by atoms with E-state index in [2.05, 4.69) is 10.6 Å². The molecule has 1 heterocycles. The SMILES string of the molecule is CN1CCNC(C(=O)Nc2cc(F)ccc2F)C1. The van der Waals surface area contributed by atoms with Gasteiger partial charge in [0, 0.05) is 25.7 Å². The summed E-state index contributed by atoms with van der Waals surface area (Å²) in [4.78, 5) is 13.9. The lowest BCUT2D eigenvalue weighted by Gasteiger charge is -2.29. The van der Waals surface area contributed by atoms with E-state index in [1.165, 1.54) is 0 Å². The summed E-state index contributed by atoms with van der Waals surface area (Å²) in [6.07, 6.45) is 0. The summed E-state index contributed by atoms with van der Waals surface area (Å²) < 4.78 is 26.3. The number of hydrogen-bond donors (Lipinski definition) is 2. The fourth-order valence-corrected chi connectivity index (χ4v) is 1.89. The molecule has 98 valence electrons. The zero-order valence-corrected chi connectivity index (χ0v) is 10.0. The molecule has 1 amide bonds. The fourth-order valence-electron chi connectivity index (χ4n) is 1.89. The van der Waals surface area contributed by atoms with E-state index in [4.69, 9.17) is 0 Å². The van der Waals surface area contributed by atoms with E-state index in [1.807, 2.05) is 11.9 Å². The number of rotatable bonds is 2. The molecular weight excluding hydrogens is 240 g/mol. The summed E-state index contributed by atoms with van der Waals surface area (Å²) in [5.41, 5.74) is -0.130. The van der Waals surface area contributed by atoms with Crippen LogP contribution in [0.25, 0.3) is 0 Å². The minimum atomic E-state index is -0.645. The molecule has 1 aromatic carbocycles. The number of nitrogens with zero attached hydrogens (tertiary/aromatic N) is 1. The van der Waals surface area contributed by atoms with Crippen molar-refractivity contribution in [1.82, 2.24) is 10.2 Å². The Morgan fingerprint density at radius 1 is 1.50 bits per heavy atom. The third-order valence-corrected chi connectivity index (χ3v) is 2.88. The maximum Gasteiger partial charge on any atom is 0.242 e. The van der Waals surface area contributed by atoms with Crippen molar-refractivity contribution in [2.45, 2.75) is 6.04 Å². The van der Waals surface area contributed by atoms with E-state index in [0.29, 0.717) is 13.1 Å². The molecule has 1 aliphatic heterocycles. The summed E-state index contributed by atoms with van der Waals surface area (Å²) in [6.45, 7) is 2.10. The van der Waals surface area contributed by atoms with Gasteiger partial charge in [0.1, 0.15) is 11.6 Å². The Kier molecular flexibility index (Phi) is 3.88. The van der Waals surface area contributed by atoms with Crippen molar-refractivity contribution in [2.24, 2.45) is 0 Å². The molecule has 0 aliphatic carbocycles. The second-order valence-electron chi connectivity index (χ2n) is 4.38. The third kappa shape index (κ3) is 3.02. The number of nitrogens with one attached hydrogen (secondary N) is 2. The van der Waals surface area contributed by atoms with Gasteiger partial charge in [0.15, 0.2) is 0 Å². The van der Waals surface area contributed by atoms with Gasteiger partial charge in [0.05, 0.1) is 11.7 Å². The molecule has 1 saturated heterocycles. The van der Waals surface area contributed by atoms with Crippen LogP contribution in [0, 0.1) is 11.6 Å². The summed E-state index contributed by atoms with van der Waals surface area (Å²) in [5, 5.41) is 5.43. The van der Waals surface area contributed by atoms with E-state index in [0.717, 1.165) is 24.7 Å². The molecular formula is C12H15F2N3O. The van der Waals surface area contributed by atoms with Crippen LogP contribution in [0.4, 0.5) is 14.5 Å². The second kappa shape index (κ2) is 5.41. The highest BCUT2D eigenvalue weighted by atomic mass is 19.1. The van der Waals surface area contributed by atoms with Gasteiger partial charge >= 0.3 is 0 Å². The van der Waals surface area contributed by atoms with E-state index in [9.17, 15) is 13.6 Å². The topological polar surface area (TPSA) is 44.4 Å². The van der Waals surface area contributed by atoms with Crippen LogP contribution in [0.3, 0.4) is 0 Å². The molecule has 4 nitrogen and oxygen atoms in total. The highest BCUT2D eigenvalue weighted by Crippen LogP contribution is 2.15. The number of benzene rings is 1. The van der Waals surface area contributed by atoms with Gasteiger partial charge in [0.2, 0.25) is 5.91 Å². The molecule has 1 unspecified atom stereocenters. The van der Waals surface area contributed by atoms with Crippen LogP contribution in [0.15, 0.2) is 18.2 Å². The van der Waals surface area contributed by atoms with Gasteiger partial charge in [-0.3, -0.25) is 4.79 Å². The number of carbonyl (C=O) groups excluding carboxylic acids is 1. The first-order chi connectivity index (χ1) is 8.56. The van der Waals surface area contributed by atoms with Crippen molar-refractivity contribution in [3.8, 4) is 0 Å². The van der Waals surface area contributed by atoms with Gasteiger partial charge in [-0.05, 0) is 19.2 Å². The number of carbonyl (C=O) groups is 1. The Morgan fingerprint density at radius 3 is 3.00 bits per heavy atom. The van der Waals surface area contributed by atoms with Crippen LogP contribution >= 0.6 is 0 Å². The van der Waals surface area contributed by atoms with Crippen LogP contribution in [0.2, 0.25) is 0 Å². The minimum absolute atomic E-state index is 0.130. The lowest BCUT2D eigenvalue weighted by atomic mass is 10.2. The lowest BCUT2D eigenvalue weighted by Crippen LogP contribution is -2.54. The van der Waals surface area contributed by atoms with Gasteiger partial charge < -0.3 is 15.5 Å². The molecule has 1 aromatic rings. The Balaban J connectivity index is 2.04. The molecule has 0 radical (unpaired) electrons. The minimum Gasteiger partial charge on any atom is -0.322 e. The van der Waals surface area contributed by atoms with Crippen LogP contribution in [-0.4, -0.2) is 43.5 Å². The van der Waals surface area contributed by atoms with Gasteiger partial charge in [-0.2, -0.15) is 0 Å². The first-order valence-electron chi connectivity index (χ1n) is 5.74. The summed E-state index contributed by atoms with van der Waals surface area (Å²) in [5.74, 6) is -1.58. The maximum absolute atomic E-state index is 13.4. The second-order valence-corrected chi connectivity index (χ2v) is 4.38. The quantitative estimate of drug-likeness (QED) is 0.822. The van der Waals surface area contributed by atoms with Crippen LogP contribution < -0.4 is 10.6 Å². The van der Waals surface area contributed by atoms with Crippen molar-refractivity contribution in [1.29, 1.82) is 0 Å². The number of anilines is 1. The molecule has 0 saturated carbocycles. The van der Waals surface area contributed by atoms with Crippen LogP contribution in [0.5, 0.6) is 0 Å². The molecule has 0 aromatic heterocycles. The van der Waals surface area contributed by atoms with Crippen molar-refractivity contribution < 1.29 is 13.6 Å². The molecule has 1 atom stereocenters. The molecule has 0 spiro atoms. The molecule has 6 heteroatoms. The summed E-state index contributed by atoms with van der Waals surface area (Å²) in [6, 6.07) is 2.56. The van der Waals surface area contributed by atoms with Crippen molar-refractivity contribution >= 4 is 11.6 Å². The Morgan fingerprint density at radius 2 is 2.28 bits per heavy atom. The van der Waals surface area contributed by atoms with E-state index < -0.39 is 17.7 Å². The predicted molar refractivity (Wildman–Crippen MR) is 64.3 cm³/mol. The number of amides is 1. The van der Waals surface area contributed by atoms with Crippen molar-refractivity contribution in [3.63, 3.8) is 0 Å².